The van der Waals surface area contributed by atoms with Gasteiger partial charge in [-0.1, -0.05) is 18.1 Å². The van der Waals surface area contributed by atoms with Gasteiger partial charge in [0, 0.05) is 12.6 Å². The first-order chi connectivity index (χ1) is 11.9. The van der Waals surface area contributed by atoms with Crippen molar-refractivity contribution in [3.8, 4) is 0 Å². The summed E-state index contributed by atoms with van der Waals surface area (Å²) >= 11 is 0. The summed E-state index contributed by atoms with van der Waals surface area (Å²) in [5.41, 5.74) is 0.938. The third kappa shape index (κ3) is 4.70. The van der Waals surface area contributed by atoms with Gasteiger partial charge in [-0.25, -0.2) is 4.68 Å². The summed E-state index contributed by atoms with van der Waals surface area (Å²) in [6, 6.07) is 4.01. The van der Waals surface area contributed by atoms with E-state index in [0.717, 1.165) is 25.2 Å². The number of nitrogens with zero attached hydrogens (tertiary/aromatic N) is 4. The first kappa shape index (κ1) is 18.1. The van der Waals surface area contributed by atoms with Gasteiger partial charge in [0.2, 0.25) is 0 Å². The van der Waals surface area contributed by atoms with Gasteiger partial charge in [-0.3, -0.25) is 4.90 Å². The molecular formula is C19H30N4O2. The van der Waals surface area contributed by atoms with Crippen molar-refractivity contribution in [1.29, 1.82) is 0 Å². The molecule has 2 aromatic heterocycles. The Bertz CT molecular complexity index is 645. The molecule has 1 saturated heterocycles. The monoisotopic (exact) mass is 346 g/mol. The Kier molecular flexibility index (Phi) is 5.59. The highest BCUT2D eigenvalue weighted by molar-refractivity contribution is 5.03. The molecule has 0 unspecified atom stereocenters. The summed E-state index contributed by atoms with van der Waals surface area (Å²) in [6.45, 7) is 8.20. The maximum Gasteiger partial charge on any atom is 0.132 e. The molecule has 25 heavy (non-hydrogen) atoms. The van der Waals surface area contributed by atoms with Crippen molar-refractivity contribution >= 4 is 0 Å². The van der Waals surface area contributed by atoms with E-state index in [1.54, 1.807) is 6.26 Å². The van der Waals surface area contributed by atoms with Crippen molar-refractivity contribution < 1.29 is 9.52 Å². The Morgan fingerprint density at radius 1 is 1.32 bits per heavy atom. The van der Waals surface area contributed by atoms with E-state index in [1.165, 1.54) is 19.3 Å². The minimum atomic E-state index is -0.550. The van der Waals surface area contributed by atoms with Gasteiger partial charge in [0.25, 0.3) is 0 Å². The molecule has 0 amide bonds. The molecule has 138 valence electrons. The Hall–Kier alpha value is -1.66. The van der Waals surface area contributed by atoms with Crippen LogP contribution in [0.25, 0.3) is 0 Å². The van der Waals surface area contributed by atoms with E-state index >= 15 is 0 Å². The summed E-state index contributed by atoms with van der Waals surface area (Å²) in [4.78, 5) is 2.45. The molecule has 0 spiro atoms. The lowest BCUT2D eigenvalue weighted by Gasteiger charge is -2.30. The number of aromatic nitrogens is 3. The lowest BCUT2D eigenvalue weighted by atomic mass is 10.0. The van der Waals surface area contributed by atoms with Crippen molar-refractivity contribution in [2.45, 2.75) is 77.1 Å². The zero-order chi connectivity index (χ0) is 17.9. The van der Waals surface area contributed by atoms with Crippen LogP contribution in [0.2, 0.25) is 0 Å². The second-order valence-corrected chi connectivity index (χ2v) is 8.07. The first-order valence-electron chi connectivity index (χ1n) is 9.31. The van der Waals surface area contributed by atoms with E-state index in [0.29, 0.717) is 18.2 Å². The van der Waals surface area contributed by atoms with Gasteiger partial charge in [-0.2, -0.15) is 0 Å². The SMILES string of the molecule is CC(C)(C)n1cc(CN2CCCCC[C@@H]2C[C@@H](O)c2ccco2)nn1. The lowest BCUT2D eigenvalue weighted by Crippen LogP contribution is -2.35. The number of aliphatic hydroxyl groups excluding tert-OH is 1. The highest BCUT2D eigenvalue weighted by Gasteiger charge is 2.26. The van der Waals surface area contributed by atoms with Gasteiger partial charge in [-0.05, 0) is 58.7 Å². The average molecular weight is 346 g/mol. The fraction of sp³-hybridized carbons (Fsp3) is 0.684. The van der Waals surface area contributed by atoms with Crippen LogP contribution in [-0.2, 0) is 12.1 Å². The lowest BCUT2D eigenvalue weighted by molar-refractivity contribution is 0.0825. The Morgan fingerprint density at radius 3 is 2.84 bits per heavy atom. The van der Waals surface area contributed by atoms with Crippen molar-refractivity contribution in [1.82, 2.24) is 19.9 Å². The van der Waals surface area contributed by atoms with Crippen LogP contribution in [0, 0.1) is 0 Å². The summed E-state index contributed by atoms with van der Waals surface area (Å²) < 4.78 is 7.29. The molecule has 1 aliphatic heterocycles. The highest BCUT2D eigenvalue weighted by Crippen LogP contribution is 2.27. The third-order valence-corrected chi connectivity index (χ3v) is 4.96. The number of hydrogen-bond acceptors (Lipinski definition) is 5. The summed E-state index contributed by atoms with van der Waals surface area (Å²) in [5.74, 6) is 0.655. The molecule has 0 radical (unpaired) electrons. The van der Waals surface area contributed by atoms with Gasteiger partial charge in [0.1, 0.15) is 11.9 Å². The highest BCUT2D eigenvalue weighted by atomic mass is 16.4. The molecule has 0 saturated carbocycles. The second kappa shape index (κ2) is 7.70. The normalized spacial score (nSPS) is 21.2. The van der Waals surface area contributed by atoms with Crippen LogP contribution in [0.3, 0.4) is 0 Å². The third-order valence-electron chi connectivity index (χ3n) is 4.96. The van der Waals surface area contributed by atoms with E-state index in [1.807, 2.05) is 23.0 Å². The van der Waals surface area contributed by atoms with Crippen LogP contribution in [-0.4, -0.2) is 37.6 Å². The molecule has 1 N–H and O–H groups in total. The Morgan fingerprint density at radius 2 is 2.16 bits per heavy atom. The smallest absolute Gasteiger partial charge is 0.132 e. The molecule has 3 rings (SSSR count). The standard InChI is InChI=1S/C19H30N4O2/c1-19(2,3)23-14-15(20-21-23)13-22-10-6-4-5-8-16(22)12-17(24)18-9-7-11-25-18/h7,9,11,14,16-17,24H,4-6,8,10,12-13H2,1-3H3/t16-,17-/m1/s1. The van der Waals surface area contributed by atoms with Crippen molar-refractivity contribution in [2.75, 3.05) is 6.54 Å². The van der Waals surface area contributed by atoms with Crippen molar-refractivity contribution in [3.63, 3.8) is 0 Å². The van der Waals surface area contributed by atoms with Gasteiger partial charge in [0.05, 0.1) is 23.7 Å². The van der Waals surface area contributed by atoms with Crippen LogP contribution in [0.5, 0.6) is 0 Å². The summed E-state index contributed by atoms with van der Waals surface area (Å²) in [6.07, 6.45) is 8.57. The Labute approximate surface area is 149 Å². The van der Waals surface area contributed by atoms with Crippen molar-refractivity contribution in [3.05, 3.63) is 36.0 Å². The molecule has 1 aliphatic rings. The molecule has 2 aromatic rings. The molecular weight excluding hydrogens is 316 g/mol. The maximum absolute atomic E-state index is 10.5. The van der Waals surface area contributed by atoms with Crippen LogP contribution >= 0.6 is 0 Å². The van der Waals surface area contributed by atoms with Gasteiger partial charge in [0.15, 0.2) is 0 Å². The largest absolute Gasteiger partial charge is 0.467 e. The molecule has 3 heterocycles. The second-order valence-electron chi connectivity index (χ2n) is 8.07. The molecule has 2 atom stereocenters. The zero-order valence-corrected chi connectivity index (χ0v) is 15.6. The number of hydrogen-bond donors (Lipinski definition) is 1. The summed E-state index contributed by atoms with van der Waals surface area (Å²) in [7, 11) is 0. The summed E-state index contributed by atoms with van der Waals surface area (Å²) in [5, 5.41) is 19.1. The van der Waals surface area contributed by atoms with E-state index in [4.69, 9.17) is 4.42 Å². The zero-order valence-electron chi connectivity index (χ0n) is 15.6. The molecule has 0 aromatic carbocycles. The number of likely N-dealkylation sites (tertiary alicyclic amines) is 1. The fourth-order valence-corrected chi connectivity index (χ4v) is 3.47. The quantitative estimate of drug-likeness (QED) is 0.897. The molecule has 1 fully saturated rings. The minimum absolute atomic E-state index is 0.0566. The van der Waals surface area contributed by atoms with Crippen LogP contribution in [0.4, 0.5) is 0 Å². The number of aliphatic hydroxyl groups is 1. The molecule has 6 nitrogen and oxygen atoms in total. The predicted molar refractivity (Wildman–Crippen MR) is 96.0 cm³/mol. The number of furan rings is 1. The molecule has 0 bridgehead atoms. The average Bonchev–Trinajstić information content (AvgIpc) is 3.19. The molecule has 0 aliphatic carbocycles. The van der Waals surface area contributed by atoms with Gasteiger partial charge >= 0.3 is 0 Å². The topological polar surface area (TPSA) is 67.3 Å². The van der Waals surface area contributed by atoms with Crippen molar-refractivity contribution in [2.24, 2.45) is 0 Å². The van der Waals surface area contributed by atoms with Gasteiger partial charge < -0.3 is 9.52 Å². The maximum atomic E-state index is 10.5. The molecule has 6 heteroatoms. The van der Waals surface area contributed by atoms with E-state index < -0.39 is 6.10 Å². The Balaban J connectivity index is 1.69. The fourth-order valence-electron chi connectivity index (χ4n) is 3.47. The van der Waals surface area contributed by atoms with Gasteiger partial charge in [-0.15, -0.1) is 5.10 Å². The van der Waals surface area contributed by atoms with E-state index in [2.05, 4.69) is 36.0 Å². The van der Waals surface area contributed by atoms with Crippen LogP contribution in [0.1, 0.15) is 70.4 Å². The van der Waals surface area contributed by atoms with E-state index in [9.17, 15) is 5.11 Å². The van der Waals surface area contributed by atoms with Crippen LogP contribution < -0.4 is 0 Å². The number of rotatable bonds is 5. The van der Waals surface area contributed by atoms with Crippen LogP contribution in [0.15, 0.2) is 29.0 Å². The minimum Gasteiger partial charge on any atom is -0.467 e. The first-order valence-corrected chi connectivity index (χ1v) is 9.31. The van der Waals surface area contributed by atoms with E-state index in [-0.39, 0.29) is 5.54 Å². The predicted octanol–water partition coefficient (Wildman–Crippen LogP) is 3.49.